The maximum absolute atomic E-state index is 12.5. The van der Waals surface area contributed by atoms with Crippen molar-refractivity contribution in [1.82, 2.24) is 15.8 Å². The highest BCUT2D eigenvalue weighted by Crippen LogP contribution is 2.13. The van der Waals surface area contributed by atoms with Crippen LogP contribution in [-0.4, -0.2) is 35.7 Å². The van der Waals surface area contributed by atoms with Crippen LogP contribution < -0.4 is 10.9 Å². The van der Waals surface area contributed by atoms with E-state index in [0.717, 1.165) is 51.6 Å². The number of hydrazine groups is 1. The van der Waals surface area contributed by atoms with Crippen molar-refractivity contribution < 1.29 is 14.4 Å². The molecule has 0 aliphatic heterocycles. The van der Waals surface area contributed by atoms with Gasteiger partial charge in [-0.25, -0.2) is 0 Å². The molecule has 0 aliphatic carbocycles. The Bertz CT molecular complexity index is 560. The van der Waals surface area contributed by atoms with E-state index in [2.05, 4.69) is 31.6 Å². The van der Waals surface area contributed by atoms with Crippen molar-refractivity contribution in [3.05, 3.63) is 0 Å². The Morgan fingerprint density at radius 2 is 0.737 bits per heavy atom. The third kappa shape index (κ3) is 24.7. The summed E-state index contributed by atoms with van der Waals surface area (Å²) in [5.74, 6) is -0.106. The molecule has 0 saturated carbocycles. The molecule has 3 amide bonds. The van der Waals surface area contributed by atoms with Crippen LogP contribution in [0, 0.1) is 0 Å². The van der Waals surface area contributed by atoms with Crippen molar-refractivity contribution >= 4 is 17.7 Å². The van der Waals surface area contributed by atoms with Gasteiger partial charge in [-0.05, 0) is 32.1 Å². The second-order valence-electron chi connectivity index (χ2n) is 11.1. The van der Waals surface area contributed by atoms with Crippen molar-refractivity contribution in [1.29, 1.82) is 0 Å². The predicted octanol–water partition coefficient (Wildman–Crippen LogP) is 8.38. The third-order valence-electron chi connectivity index (χ3n) is 7.31. The number of carbonyl (C=O) groups is 3. The molecule has 224 valence electrons. The van der Waals surface area contributed by atoms with Gasteiger partial charge in [0.15, 0.2) is 0 Å². The van der Waals surface area contributed by atoms with Crippen molar-refractivity contribution in [2.75, 3.05) is 13.1 Å². The third-order valence-corrected chi connectivity index (χ3v) is 7.31. The van der Waals surface area contributed by atoms with Gasteiger partial charge in [0.25, 0.3) is 0 Å². The fourth-order valence-corrected chi connectivity index (χ4v) is 4.70. The predicted molar refractivity (Wildman–Crippen MR) is 161 cm³/mol. The number of hydrogen-bond donors (Lipinski definition) is 2. The second kappa shape index (κ2) is 28.4. The van der Waals surface area contributed by atoms with E-state index in [1.54, 1.807) is 0 Å². The Labute approximate surface area is 235 Å². The van der Waals surface area contributed by atoms with Crippen LogP contribution in [0.2, 0.25) is 0 Å². The number of rotatable bonds is 27. The molecule has 0 saturated heterocycles. The van der Waals surface area contributed by atoms with Gasteiger partial charge in [0.05, 0.1) is 0 Å². The van der Waals surface area contributed by atoms with Crippen molar-refractivity contribution in [3.63, 3.8) is 0 Å². The van der Waals surface area contributed by atoms with E-state index in [9.17, 15) is 14.4 Å². The first-order valence-electron chi connectivity index (χ1n) is 16.4. The van der Waals surface area contributed by atoms with Gasteiger partial charge >= 0.3 is 0 Å². The zero-order valence-electron chi connectivity index (χ0n) is 25.6. The molecule has 0 unspecified atom stereocenters. The van der Waals surface area contributed by atoms with Gasteiger partial charge in [0, 0.05) is 32.4 Å². The lowest BCUT2D eigenvalue weighted by Crippen LogP contribution is -2.41. The Morgan fingerprint density at radius 3 is 1.13 bits per heavy atom. The van der Waals surface area contributed by atoms with Gasteiger partial charge in [0.2, 0.25) is 17.7 Å². The first-order chi connectivity index (χ1) is 18.5. The molecular weight excluding hydrogens is 474 g/mol. The summed E-state index contributed by atoms with van der Waals surface area (Å²) in [5.41, 5.74) is 5.05. The summed E-state index contributed by atoms with van der Waals surface area (Å²) in [6.07, 6.45) is 26.4. The highest BCUT2D eigenvalue weighted by molar-refractivity contribution is 5.82. The minimum absolute atomic E-state index is 0.120. The van der Waals surface area contributed by atoms with E-state index in [4.69, 9.17) is 0 Å². The highest BCUT2D eigenvalue weighted by atomic mass is 16.2. The molecule has 0 rings (SSSR count). The van der Waals surface area contributed by atoms with Crippen LogP contribution in [0.4, 0.5) is 0 Å². The molecule has 2 N–H and O–H groups in total. The number of nitrogens with zero attached hydrogens (tertiary/aromatic N) is 1. The molecule has 0 fully saturated rings. The van der Waals surface area contributed by atoms with Crippen molar-refractivity contribution in [2.45, 2.75) is 175 Å². The summed E-state index contributed by atoms with van der Waals surface area (Å²) in [6, 6.07) is 0. The lowest BCUT2D eigenvalue weighted by Gasteiger charge is -2.22. The van der Waals surface area contributed by atoms with Gasteiger partial charge in [-0.1, -0.05) is 124 Å². The van der Waals surface area contributed by atoms with Crippen molar-refractivity contribution in [2.24, 2.45) is 0 Å². The number of nitrogens with one attached hydrogen (secondary N) is 2. The Balaban J connectivity index is 3.57. The van der Waals surface area contributed by atoms with Gasteiger partial charge in [-0.2, -0.15) is 0 Å². The van der Waals surface area contributed by atoms with Crippen molar-refractivity contribution in [3.8, 4) is 0 Å². The maximum Gasteiger partial charge on any atom is 0.238 e. The van der Waals surface area contributed by atoms with Crippen LogP contribution in [-0.2, 0) is 14.4 Å². The minimum atomic E-state index is -0.184. The quantitative estimate of drug-likeness (QED) is 0.0815. The number of unbranched alkanes of at least 4 members (excludes halogenated alkanes) is 17. The van der Waals surface area contributed by atoms with E-state index in [0.29, 0.717) is 32.1 Å². The molecule has 0 atom stereocenters. The summed E-state index contributed by atoms with van der Waals surface area (Å²) in [5, 5.41) is 0. The molecule has 6 nitrogen and oxygen atoms in total. The maximum atomic E-state index is 12.5. The Hall–Kier alpha value is -1.59. The number of hydrogen-bond acceptors (Lipinski definition) is 3. The lowest BCUT2D eigenvalue weighted by atomic mass is 10.0. The fourth-order valence-electron chi connectivity index (χ4n) is 4.70. The fraction of sp³-hybridized carbons (Fsp3) is 0.906. The Kier molecular flexibility index (Phi) is 27.2. The zero-order chi connectivity index (χ0) is 28.1. The van der Waals surface area contributed by atoms with Crippen LogP contribution >= 0.6 is 0 Å². The SMILES string of the molecule is CCCCCCCCCCCCCCCCCC(=O)NNC(=O)CCCCC(=O)N(CCCC)CCCC. The molecule has 0 aromatic rings. The summed E-state index contributed by atoms with van der Waals surface area (Å²) in [7, 11) is 0. The van der Waals surface area contributed by atoms with Crippen LogP contribution in [0.15, 0.2) is 0 Å². The Morgan fingerprint density at radius 1 is 0.421 bits per heavy atom. The standard InChI is InChI=1S/C32H63N3O3/c1-4-7-10-11-12-13-14-15-16-17-18-19-20-21-22-25-30(36)33-34-31(37)26-23-24-27-32(38)35(28-8-5-2)29-9-6-3/h4-29H2,1-3H3,(H,33,36)(H,34,37). The molecule has 6 heteroatoms. The summed E-state index contributed by atoms with van der Waals surface area (Å²) < 4.78 is 0. The highest BCUT2D eigenvalue weighted by Gasteiger charge is 2.12. The average molecular weight is 538 g/mol. The van der Waals surface area contributed by atoms with Crippen LogP contribution in [0.5, 0.6) is 0 Å². The summed E-state index contributed by atoms with van der Waals surface area (Å²) in [4.78, 5) is 38.4. The molecular formula is C32H63N3O3. The monoisotopic (exact) mass is 537 g/mol. The molecule has 0 aliphatic rings. The topological polar surface area (TPSA) is 78.5 Å². The van der Waals surface area contributed by atoms with Gasteiger partial charge in [-0.3, -0.25) is 25.2 Å². The average Bonchev–Trinajstić information content (AvgIpc) is 2.92. The molecule has 0 bridgehead atoms. The van der Waals surface area contributed by atoms with Crippen LogP contribution in [0.3, 0.4) is 0 Å². The van der Waals surface area contributed by atoms with E-state index in [-0.39, 0.29) is 17.7 Å². The molecule has 0 heterocycles. The first-order valence-corrected chi connectivity index (χ1v) is 16.4. The summed E-state index contributed by atoms with van der Waals surface area (Å²) in [6.45, 7) is 8.22. The molecule has 0 spiro atoms. The van der Waals surface area contributed by atoms with Gasteiger partial charge in [-0.15, -0.1) is 0 Å². The molecule has 0 aromatic heterocycles. The second-order valence-corrected chi connectivity index (χ2v) is 11.1. The first kappa shape index (κ1) is 36.4. The van der Waals surface area contributed by atoms with E-state index in [1.807, 2.05) is 4.90 Å². The normalized spacial score (nSPS) is 10.9. The number of carbonyl (C=O) groups excluding carboxylic acids is 3. The minimum Gasteiger partial charge on any atom is -0.343 e. The largest absolute Gasteiger partial charge is 0.343 e. The van der Waals surface area contributed by atoms with E-state index >= 15 is 0 Å². The van der Waals surface area contributed by atoms with Gasteiger partial charge in [0.1, 0.15) is 0 Å². The molecule has 0 aromatic carbocycles. The van der Waals surface area contributed by atoms with E-state index < -0.39 is 0 Å². The lowest BCUT2D eigenvalue weighted by molar-refractivity contribution is -0.131. The zero-order valence-corrected chi connectivity index (χ0v) is 25.6. The molecule has 38 heavy (non-hydrogen) atoms. The van der Waals surface area contributed by atoms with Crippen LogP contribution in [0.25, 0.3) is 0 Å². The molecule has 0 radical (unpaired) electrons. The smallest absolute Gasteiger partial charge is 0.238 e. The van der Waals surface area contributed by atoms with Gasteiger partial charge < -0.3 is 4.90 Å². The van der Waals surface area contributed by atoms with Crippen LogP contribution in [0.1, 0.15) is 175 Å². The van der Waals surface area contributed by atoms with E-state index in [1.165, 1.54) is 83.5 Å². The summed E-state index contributed by atoms with van der Waals surface area (Å²) >= 11 is 0. The number of amides is 3.